The fraction of sp³-hybridized carbons (Fsp3) is 0.410. The van der Waals surface area contributed by atoms with Crippen molar-refractivity contribution in [3.63, 3.8) is 0 Å². The van der Waals surface area contributed by atoms with Crippen molar-refractivity contribution in [3.05, 3.63) is 106 Å². The highest BCUT2D eigenvalue weighted by atomic mass is 19.4. The molecule has 1 aromatic heterocycles. The van der Waals surface area contributed by atoms with Crippen molar-refractivity contribution in [1.29, 1.82) is 0 Å². The van der Waals surface area contributed by atoms with Gasteiger partial charge in [0.1, 0.15) is 11.9 Å². The monoisotopic (exact) mass is 739 g/mol. The molecule has 3 heterocycles. The van der Waals surface area contributed by atoms with Crippen LogP contribution in [-0.2, 0) is 40.2 Å². The van der Waals surface area contributed by atoms with Gasteiger partial charge in [0.25, 0.3) is 5.91 Å². The molecule has 2 fully saturated rings. The minimum absolute atomic E-state index is 0.0458. The first-order valence-electron chi connectivity index (χ1n) is 17.5. The number of halogens is 4. The van der Waals surface area contributed by atoms with E-state index in [0.717, 1.165) is 34.0 Å². The van der Waals surface area contributed by atoms with Crippen molar-refractivity contribution in [2.24, 2.45) is 0 Å². The number of amides is 1. The highest BCUT2D eigenvalue weighted by Crippen LogP contribution is 2.27. The Kier molecular flexibility index (Phi) is 14.1. The average molecular weight is 740 g/mol. The van der Waals surface area contributed by atoms with Crippen molar-refractivity contribution in [2.75, 3.05) is 71.6 Å². The molecule has 0 radical (unpaired) electrons. The number of anilines is 1. The summed E-state index contributed by atoms with van der Waals surface area (Å²) in [5.41, 5.74) is 5.18. The molecule has 0 bridgehead atoms. The summed E-state index contributed by atoms with van der Waals surface area (Å²) in [7, 11) is 4.08. The van der Waals surface area contributed by atoms with Gasteiger partial charge in [-0.25, -0.2) is 9.18 Å². The molecule has 284 valence electrons. The van der Waals surface area contributed by atoms with E-state index >= 15 is 4.39 Å². The van der Waals surface area contributed by atoms with Gasteiger partial charge >= 0.3 is 12.6 Å². The number of ether oxygens (including phenoxy) is 2. The summed E-state index contributed by atoms with van der Waals surface area (Å²) in [6.07, 6.45) is 4.35. The van der Waals surface area contributed by atoms with Gasteiger partial charge in [-0.15, -0.1) is 0 Å². The SMILES string of the molecule is CN(C)Cc1cc(Cc2cccc(CC(NC(=O)c3c(F)cc(N4CCOCC4)cc3CN3CCOCC3)C(=O)O)c2)c2cnccc2c1.FC(F)F. The number of aliphatic carboxylic acids is 1. The quantitative estimate of drug-likeness (QED) is 0.187. The highest BCUT2D eigenvalue weighted by molar-refractivity contribution is 5.98. The Morgan fingerprint density at radius 2 is 1.58 bits per heavy atom. The molecule has 2 aliphatic heterocycles. The molecule has 1 amide bonds. The summed E-state index contributed by atoms with van der Waals surface area (Å²) in [5.74, 6) is -2.60. The first-order chi connectivity index (χ1) is 25.5. The zero-order valence-electron chi connectivity index (χ0n) is 29.9. The Bertz CT molecular complexity index is 1850. The number of carbonyl (C=O) groups excluding carboxylic acids is 1. The number of pyridine rings is 1. The molecule has 2 aliphatic rings. The molecule has 4 aromatic rings. The third kappa shape index (κ3) is 11.4. The average Bonchev–Trinajstić information content (AvgIpc) is 3.11. The van der Waals surface area contributed by atoms with Crippen LogP contribution < -0.4 is 10.2 Å². The second-order valence-corrected chi connectivity index (χ2v) is 13.4. The van der Waals surface area contributed by atoms with Crippen LogP contribution in [0, 0.1) is 5.82 Å². The lowest BCUT2D eigenvalue weighted by Crippen LogP contribution is -2.43. The number of aromatic nitrogens is 1. The van der Waals surface area contributed by atoms with Crippen LogP contribution in [0.15, 0.2) is 67.0 Å². The van der Waals surface area contributed by atoms with Crippen LogP contribution in [0.5, 0.6) is 0 Å². The van der Waals surface area contributed by atoms with E-state index in [9.17, 15) is 27.9 Å². The number of hydrogen-bond acceptors (Lipinski definition) is 8. The second kappa shape index (κ2) is 18.9. The van der Waals surface area contributed by atoms with Crippen LogP contribution in [0.3, 0.4) is 0 Å². The normalized spacial score (nSPS) is 15.7. The van der Waals surface area contributed by atoms with E-state index in [0.29, 0.717) is 76.8 Å². The number of carbonyl (C=O) groups is 2. The van der Waals surface area contributed by atoms with Crippen molar-refractivity contribution >= 4 is 28.3 Å². The van der Waals surface area contributed by atoms with E-state index < -0.39 is 30.4 Å². The predicted molar refractivity (Wildman–Crippen MR) is 194 cm³/mol. The van der Waals surface area contributed by atoms with Crippen molar-refractivity contribution in [2.45, 2.75) is 38.7 Å². The first kappa shape index (κ1) is 39.6. The van der Waals surface area contributed by atoms with E-state index in [1.165, 1.54) is 11.6 Å². The fourth-order valence-electron chi connectivity index (χ4n) is 6.73. The number of carboxylic acid groups (broad SMARTS) is 1. The Labute approximate surface area is 306 Å². The molecule has 1 unspecified atom stereocenters. The zero-order valence-corrected chi connectivity index (χ0v) is 29.9. The number of alkyl halides is 3. The summed E-state index contributed by atoms with van der Waals surface area (Å²) >= 11 is 0. The second-order valence-electron chi connectivity index (χ2n) is 13.4. The molecular formula is C39H45F4N5O5. The summed E-state index contributed by atoms with van der Waals surface area (Å²) in [4.78, 5) is 36.9. The summed E-state index contributed by atoms with van der Waals surface area (Å²) in [6.45, 7) is 2.24. The molecule has 0 spiro atoms. The molecule has 0 aliphatic carbocycles. The molecule has 3 aromatic carbocycles. The number of benzene rings is 3. The third-order valence-electron chi connectivity index (χ3n) is 9.09. The topological polar surface area (TPSA) is 107 Å². The van der Waals surface area contributed by atoms with E-state index in [-0.39, 0.29) is 12.0 Å². The highest BCUT2D eigenvalue weighted by Gasteiger charge is 2.27. The van der Waals surface area contributed by atoms with Crippen molar-refractivity contribution < 1.29 is 41.7 Å². The Morgan fingerprint density at radius 1 is 0.906 bits per heavy atom. The van der Waals surface area contributed by atoms with Gasteiger partial charge in [-0.05, 0) is 78.0 Å². The first-order valence-corrected chi connectivity index (χ1v) is 17.5. The molecule has 6 rings (SSSR count). The summed E-state index contributed by atoms with van der Waals surface area (Å²) in [5, 5.41) is 15.0. The number of morpholine rings is 2. The van der Waals surface area contributed by atoms with E-state index in [4.69, 9.17) is 9.47 Å². The van der Waals surface area contributed by atoms with Crippen LogP contribution in [0.1, 0.15) is 38.2 Å². The zero-order chi connectivity index (χ0) is 37.9. The minimum Gasteiger partial charge on any atom is -0.480 e. The van der Waals surface area contributed by atoms with Gasteiger partial charge < -0.3 is 29.7 Å². The van der Waals surface area contributed by atoms with Gasteiger partial charge in [-0.1, -0.05) is 30.3 Å². The maximum atomic E-state index is 15.9. The smallest absolute Gasteiger partial charge is 0.379 e. The molecule has 14 heteroatoms. The van der Waals surface area contributed by atoms with E-state index in [2.05, 4.69) is 32.2 Å². The van der Waals surface area contributed by atoms with Gasteiger partial charge in [0.2, 0.25) is 0 Å². The lowest BCUT2D eigenvalue weighted by Gasteiger charge is -2.31. The number of hydrogen-bond donors (Lipinski definition) is 2. The maximum absolute atomic E-state index is 15.9. The molecule has 2 N–H and O–H groups in total. The number of carboxylic acids is 1. The van der Waals surface area contributed by atoms with Crippen molar-refractivity contribution in [1.82, 2.24) is 20.1 Å². The summed E-state index contributed by atoms with van der Waals surface area (Å²) in [6, 6.07) is 16.1. The fourth-order valence-corrected chi connectivity index (χ4v) is 6.73. The van der Waals surface area contributed by atoms with Gasteiger partial charge in [0, 0.05) is 69.2 Å². The Balaban J connectivity index is 0.00000129. The molecule has 10 nitrogen and oxygen atoms in total. The minimum atomic E-state index is -3.67. The molecule has 2 saturated heterocycles. The van der Waals surface area contributed by atoms with Gasteiger partial charge in [-0.2, -0.15) is 13.2 Å². The number of nitrogens with zero attached hydrogens (tertiary/aromatic N) is 4. The lowest BCUT2D eigenvalue weighted by atomic mass is 9.95. The van der Waals surface area contributed by atoms with E-state index in [1.54, 1.807) is 6.20 Å². The Hall–Kier alpha value is -4.63. The maximum Gasteiger partial charge on any atom is 0.379 e. The predicted octanol–water partition coefficient (Wildman–Crippen LogP) is 5.30. The van der Waals surface area contributed by atoms with Crippen molar-refractivity contribution in [3.8, 4) is 0 Å². The number of rotatable bonds is 12. The van der Waals surface area contributed by atoms with Gasteiger partial charge in [0.15, 0.2) is 0 Å². The van der Waals surface area contributed by atoms with Crippen LogP contribution >= 0.6 is 0 Å². The van der Waals surface area contributed by atoms with Crippen LogP contribution in [0.4, 0.5) is 23.2 Å². The largest absolute Gasteiger partial charge is 0.480 e. The van der Waals surface area contributed by atoms with Crippen LogP contribution in [0.25, 0.3) is 10.8 Å². The van der Waals surface area contributed by atoms with Gasteiger partial charge in [-0.3, -0.25) is 14.7 Å². The van der Waals surface area contributed by atoms with Gasteiger partial charge in [0.05, 0.1) is 32.0 Å². The van der Waals surface area contributed by atoms with E-state index in [1.807, 2.05) is 61.6 Å². The molecule has 1 atom stereocenters. The van der Waals surface area contributed by atoms with Crippen LogP contribution in [0.2, 0.25) is 0 Å². The third-order valence-corrected chi connectivity index (χ3v) is 9.09. The summed E-state index contributed by atoms with van der Waals surface area (Å²) < 4.78 is 55.9. The molecule has 0 saturated carbocycles. The lowest BCUT2D eigenvalue weighted by molar-refractivity contribution is -0.139. The molecular weight excluding hydrogens is 694 g/mol. The number of nitrogens with one attached hydrogen (secondary N) is 1. The molecule has 53 heavy (non-hydrogen) atoms. The van der Waals surface area contributed by atoms with Crippen LogP contribution in [-0.4, -0.2) is 111 Å². The number of fused-ring (bicyclic) bond motifs is 1. The Morgan fingerprint density at radius 3 is 2.26 bits per heavy atom. The standard InChI is InChI=1S/C38H44FN5O5.CHF3/c1-42(2)24-28-18-29-6-7-40-23-33(29)30(19-28)17-26-4-3-5-27(16-26)20-35(38(46)47)41-37(45)36-31(25-43-8-12-48-13-9-43)21-32(22-34(36)39)44-10-14-49-15-11-44;2-1(3)4/h3-7,16,18-19,21-23,35H,8-15,17,20,24-25H2,1-2H3,(H,41,45)(H,46,47);1H.